The van der Waals surface area contributed by atoms with Crippen molar-refractivity contribution in [3.63, 3.8) is 0 Å². The molecule has 14 heteroatoms. The lowest BCUT2D eigenvalue weighted by Gasteiger charge is -2.42. The molecule has 1 saturated carbocycles. The number of carbonyl (C=O) groups excluding carboxylic acids is 5. The fraction of sp³-hybridized carbons (Fsp3) is 0.745. The number of thioether (sulfide) groups is 1. The number of cyclic esters (lactones) is 1. The summed E-state index contributed by atoms with van der Waals surface area (Å²) in [7, 11) is 2.96. The van der Waals surface area contributed by atoms with Crippen LogP contribution in [0.4, 0.5) is 0 Å². The van der Waals surface area contributed by atoms with Crippen LogP contribution in [0.1, 0.15) is 126 Å². The largest absolute Gasteiger partial charge is 0.460 e. The number of hydrogen-bond donors (Lipinski definition) is 3. The zero-order chi connectivity index (χ0) is 48.2. The number of rotatable bonds is 6. The summed E-state index contributed by atoms with van der Waals surface area (Å²) < 4.78 is 23.6. The van der Waals surface area contributed by atoms with E-state index in [1.165, 1.54) is 12.0 Å². The highest BCUT2D eigenvalue weighted by Crippen LogP contribution is 2.38. The molecule has 3 heterocycles. The van der Waals surface area contributed by atoms with E-state index in [0.29, 0.717) is 63.4 Å². The first-order valence-electron chi connectivity index (χ1n) is 23.9. The van der Waals surface area contributed by atoms with Crippen LogP contribution in [0.2, 0.25) is 0 Å². The normalized spacial score (nSPS) is 40.4. The second-order valence-corrected chi connectivity index (χ2v) is 20.6. The van der Waals surface area contributed by atoms with Gasteiger partial charge in [-0.1, -0.05) is 76.6 Å². The van der Waals surface area contributed by atoms with Crippen molar-refractivity contribution < 1.29 is 58.2 Å². The van der Waals surface area contributed by atoms with Crippen LogP contribution in [0, 0.1) is 35.5 Å². The molecule has 3 aliphatic heterocycles. The van der Waals surface area contributed by atoms with Gasteiger partial charge in [0.05, 0.1) is 18.3 Å². The molecule has 2 saturated heterocycles. The van der Waals surface area contributed by atoms with Gasteiger partial charge in [0.2, 0.25) is 5.79 Å². The van der Waals surface area contributed by atoms with E-state index in [1.807, 2.05) is 64.3 Å². The summed E-state index contributed by atoms with van der Waals surface area (Å²) in [6.07, 6.45) is 14.4. The number of nitrogens with zero attached hydrogens (tertiary/aromatic N) is 1. The molecule has 4 rings (SSSR count). The summed E-state index contributed by atoms with van der Waals surface area (Å²) in [5.74, 6) is -7.73. The summed E-state index contributed by atoms with van der Waals surface area (Å²) in [6.45, 7) is 12.9. The van der Waals surface area contributed by atoms with Gasteiger partial charge in [-0.3, -0.25) is 19.2 Å². The molecule has 0 radical (unpaired) electrons. The highest BCUT2D eigenvalue weighted by Gasteiger charge is 2.53. The van der Waals surface area contributed by atoms with Gasteiger partial charge in [-0.15, -0.1) is 0 Å². The molecule has 0 aromatic rings. The van der Waals surface area contributed by atoms with Crippen LogP contribution < -0.4 is 0 Å². The molecule has 366 valence electrons. The van der Waals surface area contributed by atoms with Crippen molar-refractivity contribution >= 4 is 41.0 Å². The zero-order valence-corrected chi connectivity index (χ0v) is 41.4. The quantitative estimate of drug-likeness (QED) is 0.142. The maximum absolute atomic E-state index is 14.4. The molecule has 65 heavy (non-hydrogen) atoms. The van der Waals surface area contributed by atoms with E-state index in [0.717, 1.165) is 12.0 Å². The fourth-order valence-corrected chi connectivity index (χ4v) is 11.0. The Morgan fingerprint density at radius 3 is 2.29 bits per heavy atom. The number of ketones is 3. The lowest BCUT2D eigenvalue weighted by Crippen LogP contribution is -2.60. The molecule has 1 amide bonds. The smallest absolute Gasteiger partial charge is 0.329 e. The topological polar surface area (TPSA) is 186 Å². The van der Waals surface area contributed by atoms with Crippen molar-refractivity contribution in [3.05, 3.63) is 47.6 Å². The molecule has 0 aromatic carbocycles. The van der Waals surface area contributed by atoms with E-state index in [1.54, 1.807) is 45.7 Å². The van der Waals surface area contributed by atoms with Crippen LogP contribution in [0.3, 0.4) is 0 Å². The molecule has 4 aliphatic rings. The zero-order valence-electron chi connectivity index (χ0n) is 40.6. The molecular formula is C51H79NO12S. The van der Waals surface area contributed by atoms with Crippen molar-refractivity contribution in [1.29, 1.82) is 0 Å². The Morgan fingerprint density at radius 1 is 0.892 bits per heavy atom. The molecule has 0 aromatic heterocycles. The number of hydrogen-bond acceptors (Lipinski definition) is 13. The maximum atomic E-state index is 14.4. The molecule has 0 spiro atoms. The Balaban J connectivity index is 1.70. The predicted molar refractivity (Wildman–Crippen MR) is 252 cm³/mol. The number of piperidine rings is 1. The van der Waals surface area contributed by atoms with Crippen molar-refractivity contribution in [3.8, 4) is 0 Å². The molecule has 2 bridgehead atoms. The molecule has 0 unspecified atom stereocenters. The number of fused-ring (bicyclic) bond motifs is 3. The minimum atomic E-state index is -2.38. The minimum Gasteiger partial charge on any atom is -0.460 e. The third-order valence-electron chi connectivity index (χ3n) is 14.5. The number of esters is 1. The van der Waals surface area contributed by atoms with Gasteiger partial charge in [0.1, 0.15) is 30.1 Å². The fourth-order valence-electron chi connectivity index (χ4n) is 10.1. The molecule has 1 aliphatic carbocycles. The number of carbonyl (C=O) groups is 5. The van der Waals surface area contributed by atoms with Gasteiger partial charge in [-0.25, -0.2) is 4.79 Å². The van der Waals surface area contributed by atoms with Crippen LogP contribution in [-0.4, -0.2) is 130 Å². The van der Waals surface area contributed by atoms with Crippen molar-refractivity contribution in [2.75, 3.05) is 27.0 Å². The SMILES string of the molecule is CO[C@@H]1C[C@H](C[C@@H](C)[C@@H]2CC(=O)[C@H](C)/C=C(\C)[C@@H](O)[C@@H](OC)C(=O)[C@H](C)C[C@H](C)/C=C/C=C/C=C(\C)[C@H](SC)C[C@@H]3CC[C@@H](C)[C@@](O)(O3)C(=O)C(=O)N3CCCC[C@H]3C(=O)O2)CC[C@H]1O. The Bertz CT molecular complexity index is 1760. The second-order valence-electron chi connectivity index (χ2n) is 19.6. The summed E-state index contributed by atoms with van der Waals surface area (Å²) in [5, 5.41) is 33.9. The van der Waals surface area contributed by atoms with Gasteiger partial charge in [0.15, 0.2) is 5.78 Å². The van der Waals surface area contributed by atoms with E-state index >= 15 is 0 Å². The number of allylic oxidation sites excluding steroid dienone is 6. The number of amides is 1. The predicted octanol–water partition coefficient (Wildman–Crippen LogP) is 6.90. The van der Waals surface area contributed by atoms with Gasteiger partial charge in [-0.05, 0) is 114 Å². The lowest BCUT2D eigenvalue weighted by atomic mass is 9.78. The lowest BCUT2D eigenvalue weighted by molar-refractivity contribution is -0.263. The third-order valence-corrected chi connectivity index (χ3v) is 15.6. The van der Waals surface area contributed by atoms with Crippen LogP contribution in [0.5, 0.6) is 0 Å². The van der Waals surface area contributed by atoms with E-state index < -0.39 is 77.8 Å². The van der Waals surface area contributed by atoms with Gasteiger partial charge in [0, 0.05) is 50.2 Å². The Hall–Kier alpha value is -2.98. The minimum absolute atomic E-state index is 0.000885. The summed E-state index contributed by atoms with van der Waals surface area (Å²) in [5.41, 5.74) is 1.46. The van der Waals surface area contributed by atoms with Gasteiger partial charge >= 0.3 is 5.97 Å². The first-order valence-corrected chi connectivity index (χ1v) is 25.2. The third kappa shape index (κ3) is 14.5. The number of aliphatic hydroxyl groups is 3. The van der Waals surface area contributed by atoms with Crippen LogP contribution in [0.15, 0.2) is 47.6 Å². The standard InChI is InChI=1S/C51H79NO12S/c1-30-16-12-11-13-17-31(2)44(65-10)28-38-21-19-36(7)51(60,64-38)48(57)49(58)52-23-15-14-18-39(52)50(59)63-42(33(4)26-37-20-22-40(53)43(27-37)61-8)29-41(54)32(3)25-35(6)46(56)47(62-9)45(55)34(5)24-30/h11-13,16-17,25,30,32-34,36-40,42-44,46-47,53,56,60H,14-15,18-24,26-29H2,1-10H3/b13-11+,16-12+,31-17+,35-25+/t30-,32-,33-,34-,36-,37+,38+,39+,40-,42+,43-,44-,46-,47+,51-/m1/s1. The first kappa shape index (κ1) is 54.6. The maximum Gasteiger partial charge on any atom is 0.329 e. The molecule has 15 atom stereocenters. The highest BCUT2D eigenvalue weighted by atomic mass is 32.2. The van der Waals surface area contributed by atoms with Crippen molar-refractivity contribution in [1.82, 2.24) is 4.90 Å². The van der Waals surface area contributed by atoms with Gasteiger partial charge in [-0.2, -0.15) is 11.8 Å². The van der Waals surface area contributed by atoms with Crippen molar-refractivity contribution in [2.24, 2.45) is 35.5 Å². The van der Waals surface area contributed by atoms with E-state index in [2.05, 4.69) is 0 Å². The highest BCUT2D eigenvalue weighted by molar-refractivity contribution is 7.99. The number of aliphatic hydroxyl groups excluding tert-OH is 2. The second kappa shape index (κ2) is 25.4. The Labute approximate surface area is 392 Å². The molecule has 3 fully saturated rings. The van der Waals surface area contributed by atoms with E-state index in [9.17, 15) is 39.3 Å². The first-order chi connectivity index (χ1) is 30.7. The Kier molecular flexibility index (Phi) is 21.3. The van der Waals surface area contributed by atoms with Crippen molar-refractivity contribution in [2.45, 2.75) is 179 Å². The average Bonchev–Trinajstić information content (AvgIpc) is 3.28. The molecular weight excluding hydrogens is 851 g/mol. The van der Waals surface area contributed by atoms with Crippen LogP contribution in [-0.2, 0) is 42.9 Å². The van der Waals surface area contributed by atoms with E-state index in [-0.39, 0.29) is 60.1 Å². The average molecular weight is 930 g/mol. The van der Waals surface area contributed by atoms with Gasteiger partial charge in [0.25, 0.3) is 11.7 Å². The van der Waals surface area contributed by atoms with E-state index in [4.69, 9.17) is 18.9 Å². The molecule has 3 N–H and O–H groups in total. The Morgan fingerprint density at radius 2 is 1.62 bits per heavy atom. The monoisotopic (exact) mass is 930 g/mol. The number of methoxy groups -OCH3 is 2. The number of Topliss-reactive ketones (excluding diaryl/α,β-unsaturated/α-hetero) is 3. The summed E-state index contributed by atoms with van der Waals surface area (Å²) >= 11 is 1.63. The van der Waals surface area contributed by atoms with Gasteiger partial charge < -0.3 is 39.2 Å². The van der Waals surface area contributed by atoms with Crippen LogP contribution in [0.25, 0.3) is 0 Å². The van der Waals surface area contributed by atoms with Crippen LogP contribution >= 0.6 is 11.8 Å². The summed E-state index contributed by atoms with van der Waals surface area (Å²) in [4.78, 5) is 71.9. The summed E-state index contributed by atoms with van der Waals surface area (Å²) in [6, 6.07) is -1.12. The molecule has 13 nitrogen and oxygen atoms in total. The number of ether oxygens (including phenoxy) is 4.